The molecule has 0 aromatic rings. The summed E-state index contributed by atoms with van der Waals surface area (Å²) in [5.41, 5.74) is 0. The fourth-order valence-corrected chi connectivity index (χ4v) is 1.95. The first-order valence-electron chi connectivity index (χ1n) is 6.44. The minimum absolute atomic E-state index is 0.911. The average Bonchev–Trinajstić information content (AvgIpc) is 2.25. The van der Waals surface area contributed by atoms with E-state index in [9.17, 15) is 0 Å². The lowest BCUT2D eigenvalue weighted by atomic mass is 10.00. The average molecular weight is 213 g/mol. The molecular formula is C13H27NO. The Labute approximate surface area is 95.0 Å². The highest BCUT2D eigenvalue weighted by atomic mass is 16.5. The van der Waals surface area contributed by atoms with Crippen molar-refractivity contribution in [3.8, 4) is 0 Å². The van der Waals surface area contributed by atoms with Crippen LogP contribution in [0.2, 0.25) is 0 Å². The molecule has 0 atom stereocenters. The number of nitrogens with zero attached hydrogens (tertiary/aromatic N) is 1. The van der Waals surface area contributed by atoms with Gasteiger partial charge in [0.25, 0.3) is 0 Å². The van der Waals surface area contributed by atoms with Gasteiger partial charge in [-0.1, -0.05) is 13.8 Å². The number of hydrogen-bond donors (Lipinski definition) is 0. The summed E-state index contributed by atoms with van der Waals surface area (Å²) in [6.07, 6.45) is 5.33. The summed E-state index contributed by atoms with van der Waals surface area (Å²) in [4.78, 5) is 2.40. The molecule has 2 fully saturated rings. The Bertz CT molecular complexity index is 137. The highest BCUT2D eigenvalue weighted by molar-refractivity contribution is 4.65. The smallest absolute Gasteiger partial charge is 0.0468 e. The van der Waals surface area contributed by atoms with Gasteiger partial charge in [-0.3, -0.25) is 0 Å². The molecular weight excluding hydrogens is 186 g/mol. The van der Waals surface area contributed by atoms with Crippen LogP contribution >= 0.6 is 0 Å². The predicted molar refractivity (Wildman–Crippen MR) is 65.1 cm³/mol. The molecule has 90 valence electrons. The van der Waals surface area contributed by atoms with E-state index in [0.29, 0.717) is 0 Å². The summed E-state index contributed by atoms with van der Waals surface area (Å²) in [7, 11) is 2.20. The predicted octanol–water partition coefficient (Wildman–Crippen LogP) is 2.78. The molecule has 0 unspecified atom stereocenters. The second-order valence-corrected chi connectivity index (χ2v) is 5.28. The maximum Gasteiger partial charge on any atom is 0.0468 e. The summed E-state index contributed by atoms with van der Waals surface area (Å²) in [5, 5.41) is 0. The van der Waals surface area contributed by atoms with Crippen LogP contribution < -0.4 is 0 Å². The maximum atomic E-state index is 5.14. The van der Waals surface area contributed by atoms with E-state index < -0.39 is 0 Å². The van der Waals surface area contributed by atoms with E-state index in [1.807, 2.05) is 0 Å². The van der Waals surface area contributed by atoms with E-state index in [-0.39, 0.29) is 0 Å². The Hall–Kier alpha value is -0.0800. The zero-order valence-corrected chi connectivity index (χ0v) is 10.7. The Morgan fingerprint density at radius 1 is 0.867 bits per heavy atom. The fourth-order valence-electron chi connectivity index (χ4n) is 1.95. The minimum Gasteiger partial charge on any atom is -0.381 e. The Morgan fingerprint density at radius 2 is 1.33 bits per heavy atom. The monoisotopic (exact) mass is 213 g/mol. The number of piperidine rings is 1. The molecule has 0 spiro atoms. The normalized spacial score (nSPS) is 25.8. The summed E-state index contributed by atoms with van der Waals surface area (Å²) in [5.74, 6) is 1.89. The first-order valence-corrected chi connectivity index (χ1v) is 6.44. The zero-order valence-electron chi connectivity index (χ0n) is 10.7. The molecule has 2 rings (SSSR count). The third-order valence-corrected chi connectivity index (χ3v) is 3.52. The molecule has 2 nitrogen and oxygen atoms in total. The van der Waals surface area contributed by atoms with Crippen molar-refractivity contribution in [2.75, 3.05) is 33.4 Å². The second kappa shape index (κ2) is 7.24. The maximum absolute atomic E-state index is 5.14. The molecule has 0 N–H and O–H groups in total. The lowest BCUT2D eigenvalue weighted by molar-refractivity contribution is 0.0716. The van der Waals surface area contributed by atoms with Gasteiger partial charge < -0.3 is 9.64 Å². The van der Waals surface area contributed by atoms with Gasteiger partial charge in [-0.2, -0.15) is 0 Å². The third-order valence-electron chi connectivity index (χ3n) is 3.52. The standard InChI is InChI=1S/C7H15N.C6H12O/c1-7-3-5-8(2)6-4-7;1-6-2-4-7-5-3-6/h7H,3-6H2,1-2H3;6H,2-5H2,1H3. The molecule has 2 aliphatic heterocycles. The van der Waals surface area contributed by atoms with Gasteiger partial charge in [0.05, 0.1) is 0 Å². The van der Waals surface area contributed by atoms with Crippen LogP contribution in [-0.4, -0.2) is 38.3 Å². The van der Waals surface area contributed by atoms with Crippen molar-refractivity contribution in [3.05, 3.63) is 0 Å². The fraction of sp³-hybridized carbons (Fsp3) is 1.00. The van der Waals surface area contributed by atoms with Gasteiger partial charge in [-0.05, 0) is 57.7 Å². The molecule has 0 radical (unpaired) electrons. The number of likely N-dealkylation sites (tertiary alicyclic amines) is 1. The van der Waals surface area contributed by atoms with Crippen LogP contribution in [0, 0.1) is 11.8 Å². The van der Waals surface area contributed by atoms with E-state index >= 15 is 0 Å². The van der Waals surface area contributed by atoms with Crippen LogP contribution in [0.3, 0.4) is 0 Å². The number of rotatable bonds is 0. The van der Waals surface area contributed by atoms with Crippen molar-refractivity contribution in [2.45, 2.75) is 39.5 Å². The Balaban J connectivity index is 0.000000151. The highest BCUT2D eigenvalue weighted by Crippen LogP contribution is 2.13. The summed E-state index contributed by atoms with van der Waals surface area (Å²) in [6.45, 7) is 9.21. The van der Waals surface area contributed by atoms with Crippen LogP contribution in [0.25, 0.3) is 0 Å². The molecule has 0 aromatic heterocycles. The first-order chi connectivity index (χ1) is 7.18. The SMILES string of the molecule is CC1CCN(C)CC1.CC1CCOCC1. The van der Waals surface area contributed by atoms with Crippen molar-refractivity contribution in [2.24, 2.45) is 11.8 Å². The van der Waals surface area contributed by atoms with Gasteiger partial charge in [0.15, 0.2) is 0 Å². The molecule has 0 aliphatic carbocycles. The van der Waals surface area contributed by atoms with Crippen LogP contribution in [0.5, 0.6) is 0 Å². The van der Waals surface area contributed by atoms with Crippen LogP contribution in [0.4, 0.5) is 0 Å². The molecule has 0 bridgehead atoms. The van der Waals surface area contributed by atoms with Gasteiger partial charge in [-0.15, -0.1) is 0 Å². The van der Waals surface area contributed by atoms with Crippen LogP contribution in [0.15, 0.2) is 0 Å². The van der Waals surface area contributed by atoms with Gasteiger partial charge in [0.2, 0.25) is 0 Å². The topological polar surface area (TPSA) is 12.5 Å². The van der Waals surface area contributed by atoms with Gasteiger partial charge >= 0.3 is 0 Å². The number of hydrogen-bond acceptors (Lipinski definition) is 2. The highest BCUT2D eigenvalue weighted by Gasteiger charge is 2.10. The van der Waals surface area contributed by atoms with Gasteiger partial charge in [0, 0.05) is 13.2 Å². The van der Waals surface area contributed by atoms with Crippen molar-refractivity contribution in [3.63, 3.8) is 0 Å². The van der Waals surface area contributed by atoms with E-state index in [1.54, 1.807) is 0 Å². The van der Waals surface area contributed by atoms with E-state index in [4.69, 9.17) is 4.74 Å². The first kappa shape index (κ1) is 13.0. The molecule has 0 amide bonds. The van der Waals surface area contributed by atoms with Crippen molar-refractivity contribution in [1.29, 1.82) is 0 Å². The lowest BCUT2D eigenvalue weighted by Crippen LogP contribution is -2.28. The number of ether oxygens (including phenoxy) is 1. The summed E-state index contributed by atoms with van der Waals surface area (Å²) >= 11 is 0. The second-order valence-electron chi connectivity index (χ2n) is 5.28. The molecule has 0 aromatic carbocycles. The minimum atomic E-state index is 0.911. The Morgan fingerprint density at radius 3 is 1.67 bits per heavy atom. The van der Waals surface area contributed by atoms with E-state index in [0.717, 1.165) is 25.0 Å². The quantitative estimate of drug-likeness (QED) is 0.613. The van der Waals surface area contributed by atoms with Gasteiger partial charge in [0.1, 0.15) is 0 Å². The summed E-state index contributed by atoms with van der Waals surface area (Å²) < 4.78 is 5.14. The molecule has 2 heteroatoms. The van der Waals surface area contributed by atoms with E-state index in [2.05, 4.69) is 25.8 Å². The van der Waals surface area contributed by atoms with Crippen molar-refractivity contribution >= 4 is 0 Å². The van der Waals surface area contributed by atoms with Crippen LogP contribution in [-0.2, 0) is 4.74 Å². The largest absolute Gasteiger partial charge is 0.381 e. The molecule has 2 heterocycles. The summed E-state index contributed by atoms with van der Waals surface area (Å²) in [6, 6.07) is 0. The Kier molecular flexibility index (Phi) is 6.26. The molecule has 2 aliphatic rings. The van der Waals surface area contributed by atoms with Crippen LogP contribution in [0.1, 0.15) is 39.5 Å². The zero-order chi connectivity index (χ0) is 11.1. The van der Waals surface area contributed by atoms with Crippen molar-refractivity contribution < 1.29 is 4.74 Å². The molecule has 2 saturated heterocycles. The molecule has 0 saturated carbocycles. The molecule has 15 heavy (non-hydrogen) atoms. The van der Waals surface area contributed by atoms with E-state index in [1.165, 1.54) is 38.8 Å². The van der Waals surface area contributed by atoms with Gasteiger partial charge in [-0.25, -0.2) is 0 Å². The van der Waals surface area contributed by atoms with Crippen molar-refractivity contribution in [1.82, 2.24) is 4.90 Å². The third kappa shape index (κ3) is 6.16. The lowest BCUT2D eigenvalue weighted by Gasteiger charge is -2.26.